The summed E-state index contributed by atoms with van der Waals surface area (Å²) >= 11 is 7.34. The summed E-state index contributed by atoms with van der Waals surface area (Å²) < 4.78 is 27.3. The van der Waals surface area contributed by atoms with Crippen LogP contribution >= 0.6 is 22.9 Å². The number of thiazole rings is 1. The van der Waals surface area contributed by atoms with Gasteiger partial charge in [-0.05, 0) is 26.0 Å². The van der Waals surface area contributed by atoms with Crippen molar-refractivity contribution in [3.63, 3.8) is 0 Å². The summed E-state index contributed by atoms with van der Waals surface area (Å²) in [6.07, 6.45) is 0. The van der Waals surface area contributed by atoms with Crippen LogP contribution in [0.15, 0.2) is 28.5 Å². The van der Waals surface area contributed by atoms with E-state index in [0.29, 0.717) is 5.01 Å². The molecule has 0 fully saturated rings. The van der Waals surface area contributed by atoms with E-state index in [0.717, 1.165) is 5.69 Å². The number of aromatic nitrogens is 1. The van der Waals surface area contributed by atoms with Crippen LogP contribution in [0.1, 0.15) is 23.7 Å². The highest BCUT2D eigenvalue weighted by molar-refractivity contribution is 7.89. The van der Waals surface area contributed by atoms with Gasteiger partial charge in [0.05, 0.1) is 16.8 Å². The molecule has 0 bridgehead atoms. The van der Waals surface area contributed by atoms with Crippen molar-refractivity contribution < 1.29 is 8.42 Å². The maximum absolute atomic E-state index is 12.4. The third-order valence-corrected chi connectivity index (χ3v) is 5.83. The van der Waals surface area contributed by atoms with Crippen LogP contribution in [0.3, 0.4) is 0 Å². The number of rotatable bonds is 4. The Balaban J connectivity index is 2.32. The Morgan fingerprint density at radius 2 is 2.15 bits per heavy atom. The zero-order valence-corrected chi connectivity index (χ0v) is 13.3. The molecule has 0 saturated carbocycles. The Morgan fingerprint density at radius 3 is 2.70 bits per heavy atom. The molecule has 1 heterocycles. The fourth-order valence-electron chi connectivity index (χ4n) is 1.72. The van der Waals surface area contributed by atoms with Gasteiger partial charge in [0.2, 0.25) is 10.0 Å². The molecule has 3 N–H and O–H groups in total. The van der Waals surface area contributed by atoms with Crippen molar-refractivity contribution in [3.8, 4) is 0 Å². The minimum absolute atomic E-state index is 0.0956. The molecule has 0 aliphatic carbocycles. The van der Waals surface area contributed by atoms with Gasteiger partial charge in [0.1, 0.15) is 9.90 Å². The van der Waals surface area contributed by atoms with Gasteiger partial charge in [-0.25, -0.2) is 18.1 Å². The Morgan fingerprint density at radius 1 is 1.45 bits per heavy atom. The van der Waals surface area contributed by atoms with Crippen LogP contribution in [-0.2, 0) is 10.0 Å². The number of nitrogen functional groups attached to an aromatic ring is 1. The van der Waals surface area contributed by atoms with E-state index in [1.54, 1.807) is 13.0 Å². The number of nitrogens with two attached hydrogens (primary N) is 1. The largest absolute Gasteiger partial charge is 0.398 e. The lowest BCUT2D eigenvalue weighted by Gasteiger charge is -2.14. The Hall–Kier alpha value is -1.15. The maximum atomic E-state index is 12.4. The molecule has 1 aromatic carbocycles. The molecular weight excluding hydrogens is 318 g/mol. The number of hydrogen-bond acceptors (Lipinski definition) is 5. The molecular formula is C12H14ClN3O2S2. The molecule has 5 nitrogen and oxygen atoms in total. The Kier molecular flexibility index (Phi) is 4.33. The number of benzene rings is 1. The number of sulfonamides is 1. The lowest BCUT2D eigenvalue weighted by molar-refractivity contribution is 0.566. The van der Waals surface area contributed by atoms with Crippen molar-refractivity contribution in [1.29, 1.82) is 0 Å². The zero-order valence-electron chi connectivity index (χ0n) is 10.9. The minimum Gasteiger partial charge on any atom is -0.398 e. The first-order valence-electron chi connectivity index (χ1n) is 5.79. The summed E-state index contributed by atoms with van der Waals surface area (Å²) in [6.45, 7) is 3.58. The van der Waals surface area contributed by atoms with Gasteiger partial charge in [0.25, 0.3) is 0 Å². The van der Waals surface area contributed by atoms with Crippen LogP contribution in [0, 0.1) is 6.92 Å². The molecule has 108 valence electrons. The van der Waals surface area contributed by atoms with E-state index >= 15 is 0 Å². The van der Waals surface area contributed by atoms with Crippen molar-refractivity contribution in [2.75, 3.05) is 5.73 Å². The highest BCUT2D eigenvalue weighted by Gasteiger charge is 2.24. The lowest BCUT2D eigenvalue weighted by Crippen LogP contribution is -2.27. The first-order valence-corrected chi connectivity index (χ1v) is 8.53. The minimum atomic E-state index is -3.80. The second kappa shape index (κ2) is 5.69. The normalized spacial score (nSPS) is 13.3. The van der Waals surface area contributed by atoms with Gasteiger partial charge in [-0.3, -0.25) is 0 Å². The Labute approximate surface area is 126 Å². The van der Waals surface area contributed by atoms with Crippen LogP contribution in [0.2, 0.25) is 5.02 Å². The quantitative estimate of drug-likeness (QED) is 0.843. The second-order valence-corrected chi connectivity index (χ2v) is 7.28. The number of halogens is 1. The number of anilines is 1. The van der Waals surface area contributed by atoms with Crippen molar-refractivity contribution in [1.82, 2.24) is 9.71 Å². The Bertz CT molecular complexity index is 708. The smallest absolute Gasteiger partial charge is 0.244 e. The molecule has 0 aliphatic heterocycles. The summed E-state index contributed by atoms with van der Waals surface area (Å²) in [4.78, 5) is 4.17. The highest BCUT2D eigenvalue weighted by atomic mass is 35.5. The predicted octanol–water partition coefficient (Wildman–Crippen LogP) is 2.73. The van der Waals surface area contributed by atoms with Gasteiger partial charge in [-0.2, -0.15) is 0 Å². The van der Waals surface area contributed by atoms with Crippen molar-refractivity contribution in [2.45, 2.75) is 24.8 Å². The van der Waals surface area contributed by atoms with E-state index in [2.05, 4.69) is 9.71 Å². The summed E-state index contributed by atoms with van der Waals surface area (Å²) in [5.74, 6) is 0. The first-order chi connectivity index (χ1) is 9.31. The number of aryl methyl sites for hydroxylation is 1. The highest BCUT2D eigenvalue weighted by Crippen LogP contribution is 2.28. The van der Waals surface area contributed by atoms with E-state index in [9.17, 15) is 8.42 Å². The van der Waals surface area contributed by atoms with Crippen LogP contribution in [0.25, 0.3) is 0 Å². The van der Waals surface area contributed by atoms with E-state index in [1.165, 1.54) is 23.5 Å². The molecule has 8 heteroatoms. The number of nitrogens with one attached hydrogen (secondary N) is 1. The van der Waals surface area contributed by atoms with Gasteiger partial charge >= 0.3 is 0 Å². The van der Waals surface area contributed by atoms with Gasteiger partial charge in [0, 0.05) is 11.1 Å². The van der Waals surface area contributed by atoms with Gasteiger partial charge in [0.15, 0.2) is 0 Å². The van der Waals surface area contributed by atoms with Crippen LogP contribution < -0.4 is 10.5 Å². The van der Waals surface area contributed by atoms with Gasteiger partial charge in [-0.15, -0.1) is 11.3 Å². The van der Waals surface area contributed by atoms with Gasteiger partial charge in [-0.1, -0.05) is 17.7 Å². The molecule has 0 amide bonds. The molecule has 0 spiro atoms. The second-order valence-electron chi connectivity index (χ2n) is 4.33. The summed E-state index contributed by atoms with van der Waals surface area (Å²) in [7, 11) is -3.80. The lowest BCUT2D eigenvalue weighted by atomic mass is 10.3. The monoisotopic (exact) mass is 331 g/mol. The molecule has 0 aliphatic rings. The molecule has 1 aromatic heterocycles. The molecule has 0 radical (unpaired) electrons. The number of hydrogen-bond donors (Lipinski definition) is 2. The SMILES string of the molecule is Cc1csc(C(C)NS(=O)(=O)c2c(N)cccc2Cl)n1. The summed E-state index contributed by atoms with van der Waals surface area (Å²) in [5.41, 5.74) is 6.68. The molecule has 2 aromatic rings. The average Bonchev–Trinajstić information content (AvgIpc) is 2.74. The van der Waals surface area contributed by atoms with Crippen molar-refractivity contribution >= 4 is 38.6 Å². The maximum Gasteiger partial charge on any atom is 0.244 e. The predicted molar refractivity (Wildman–Crippen MR) is 81.5 cm³/mol. The fourth-order valence-corrected chi connectivity index (χ4v) is 4.49. The van der Waals surface area contributed by atoms with E-state index in [4.69, 9.17) is 17.3 Å². The van der Waals surface area contributed by atoms with Crippen LogP contribution in [0.4, 0.5) is 5.69 Å². The molecule has 2 rings (SSSR count). The summed E-state index contributed by atoms with van der Waals surface area (Å²) in [5, 5.41) is 2.65. The molecule has 1 atom stereocenters. The third-order valence-electron chi connectivity index (χ3n) is 2.61. The topological polar surface area (TPSA) is 85.1 Å². The third kappa shape index (κ3) is 3.12. The number of nitrogens with zero attached hydrogens (tertiary/aromatic N) is 1. The zero-order chi connectivity index (χ0) is 14.9. The van der Waals surface area contributed by atoms with Crippen molar-refractivity contribution in [3.05, 3.63) is 39.3 Å². The van der Waals surface area contributed by atoms with Crippen LogP contribution in [-0.4, -0.2) is 13.4 Å². The first kappa shape index (κ1) is 15.2. The summed E-state index contributed by atoms with van der Waals surface area (Å²) in [6, 6.07) is 4.14. The van der Waals surface area contributed by atoms with E-state index in [1.807, 2.05) is 12.3 Å². The van der Waals surface area contributed by atoms with E-state index < -0.39 is 16.1 Å². The average molecular weight is 332 g/mol. The van der Waals surface area contributed by atoms with Crippen molar-refractivity contribution in [2.24, 2.45) is 0 Å². The molecule has 1 unspecified atom stereocenters. The van der Waals surface area contributed by atoms with Gasteiger partial charge < -0.3 is 5.73 Å². The molecule has 20 heavy (non-hydrogen) atoms. The fraction of sp³-hybridized carbons (Fsp3) is 0.250. The van der Waals surface area contributed by atoms with Crippen LogP contribution in [0.5, 0.6) is 0 Å². The standard InChI is InChI=1S/C12H14ClN3O2S2/c1-7-6-19-12(15-7)8(2)16-20(17,18)11-9(13)4-3-5-10(11)14/h3-6,8,16H,14H2,1-2H3. The molecule has 0 saturated heterocycles. The van der Waals surface area contributed by atoms with E-state index in [-0.39, 0.29) is 15.6 Å².